The van der Waals surface area contributed by atoms with Crippen molar-refractivity contribution in [3.8, 4) is 0 Å². The van der Waals surface area contributed by atoms with Crippen LogP contribution in [-0.4, -0.2) is 13.1 Å². The number of hydrogen-bond donors (Lipinski definition) is 1. The van der Waals surface area contributed by atoms with Crippen LogP contribution in [0.1, 0.15) is 65.2 Å². The van der Waals surface area contributed by atoms with Crippen molar-refractivity contribution in [1.82, 2.24) is 5.32 Å². The topological polar surface area (TPSA) is 12.0 Å². The summed E-state index contributed by atoms with van der Waals surface area (Å²) in [7, 11) is 0. The van der Waals surface area contributed by atoms with E-state index >= 15 is 0 Å². The molecule has 1 heteroatoms. The number of hydrogen-bond acceptors (Lipinski definition) is 1. The van der Waals surface area contributed by atoms with Gasteiger partial charge in [-0.2, -0.15) is 0 Å². The SMILES string of the molecule is CCCCCCCNCCCCC. The van der Waals surface area contributed by atoms with Crippen molar-refractivity contribution in [2.45, 2.75) is 65.2 Å². The molecule has 0 aromatic heterocycles. The minimum Gasteiger partial charge on any atom is -0.317 e. The van der Waals surface area contributed by atoms with E-state index in [4.69, 9.17) is 0 Å². The molecule has 0 amide bonds. The highest BCUT2D eigenvalue weighted by Gasteiger charge is 1.89. The normalized spacial score (nSPS) is 10.6. The molecule has 0 radical (unpaired) electrons. The van der Waals surface area contributed by atoms with Crippen molar-refractivity contribution in [3.05, 3.63) is 0 Å². The molecule has 0 aliphatic carbocycles. The molecule has 0 rings (SSSR count). The highest BCUT2D eigenvalue weighted by Crippen LogP contribution is 2.01. The zero-order valence-electron chi connectivity index (χ0n) is 9.57. The van der Waals surface area contributed by atoms with Crippen LogP contribution >= 0.6 is 0 Å². The van der Waals surface area contributed by atoms with Crippen molar-refractivity contribution >= 4 is 0 Å². The van der Waals surface area contributed by atoms with Gasteiger partial charge in [-0.15, -0.1) is 0 Å². The number of unbranched alkanes of at least 4 members (excludes halogenated alkanes) is 6. The molecule has 0 spiro atoms. The van der Waals surface area contributed by atoms with Gasteiger partial charge in [0.05, 0.1) is 0 Å². The molecule has 0 unspecified atom stereocenters. The molecule has 0 atom stereocenters. The third kappa shape index (κ3) is 12.0. The van der Waals surface area contributed by atoms with Crippen LogP contribution in [0.15, 0.2) is 0 Å². The molecule has 13 heavy (non-hydrogen) atoms. The second-order valence-corrected chi connectivity index (χ2v) is 3.87. The van der Waals surface area contributed by atoms with Gasteiger partial charge in [-0.25, -0.2) is 0 Å². The van der Waals surface area contributed by atoms with E-state index in [-0.39, 0.29) is 0 Å². The summed E-state index contributed by atoms with van der Waals surface area (Å²) in [5.41, 5.74) is 0. The van der Waals surface area contributed by atoms with Crippen LogP contribution in [0.5, 0.6) is 0 Å². The Kier molecular flexibility index (Phi) is 11.9. The smallest absolute Gasteiger partial charge is 0.00489 e. The van der Waals surface area contributed by atoms with E-state index in [0.29, 0.717) is 0 Å². The summed E-state index contributed by atoms with van der Waals surface area (Å²) in [5.74, 6) is 0. The van der Waals surface area contributed by atoms with E-state index in [2.05, 4.69) is 19.2 Å². The molecular weight excluding hydrogens is 158 g/mol. The van der Waals surface area contributed by atoms with Gasteiger partial charge in [-0.1, -0.05) is 52.4 Å². The van der Waals surface area contributed by atoms with Gasteiger partial charge >= 0.3 is 0 Å². The van der Waals surface area contributed by atoms with Crippen molar-refractivity contribution in [2.24, 2.45) is 0 Å². The van der Waals surface area contributed by atoms with E-state index in [1.165, 1.54) is 64.5 Å². The highest BCUT2D eigenvalue weighted by atomic mass is 14.8. The third-order valence-corrected chi connectivity index (χ3v) is 2.41. The van der Waals surface area contributed by atoms with Crippen LogP contribution < -0.4 is 5.32 Å². The van der Waals surface area contributed by atoms with Crippen LogP contribution in [0.3, 0.4) is 0 Å². The second-order valence-electron chi connectivity index (χ2n) is 3.87. The van der Waals surface area contributed by atoms with Crippen LogP contribution in [0, 0.1) is 0 Å². The Hall–Kier alpha value is -0.0400. The Labute approximate surface area is 84.3 Å². The van der Waals surface area contributed by atoms with Gasteiger partial charge in [-0.3, -0.25) is 0 Å². The molecule has 0 aliphatic rings. The van der Waals surface area contributed by atoms with E-state index in [9.17, 15) is 0 Å². The van der Waals surface area contributed by atoms with Gasteiger partial charge in [0.15, 0.2) is 0 Å². The number of rotatable bonds is 10. The van der Waals surface area contributed by atoms with E-state index in [1.54, 1.807) is 0 Å². The van der Waals surface area contributed by atoms with Crippen LogP contribution in [-0.2, 0) is 0 Å². The third-order valence-electron chi connectivity index (χ3n) is 2.41. The molecule has 80 valence electrons. The van der Waals surface area contributed by atoms with E-state index in [1.807, 2.05) is 0 Å². The minimum atomic E-state index is 1.22. The van der Waals surface area contributed by atoms with Gasteiger partial charge in [0, 0.05) is 0 Å². The largest absolute Gasteiger partial charge is 0.317 e. The quantitative estimate of drug-likeness (QED) is 0.511. The molecule has 0 aromatic rings. The fraction of sp³-hybridized carbons (Fsp3) is 1.00. The molecule has 0 aliphatic heterocycles. The summed E-state index contributed by atoms with van der Waals surface area (Å²) >= 11 is 0. The first-order valence-electron chi connectivity index (χ1n) is 6.12. The maximum atomic E-state index is 3.50. The zero-order chi connectivity index (χ0) is 9.78. The van der Waals surface area contributed by atoms with E-state index in [0.717, 1.165) is 0 Å². The average Bonchev–Trinajstić information content (AvgIpc) is 2.16. The summed E-state index contributed by atoms with van der Waals surface area (Å²) in [6, 6.07) is 0. The molecule has 0 bridgehead atoms. The molecule has 0 fully saturated rings. The van der Waals surface area contributed by atoms with Gasteiger partial charge in [0.2, 0.25) is 0 Å². The van der Waals surface area contributed by atoms with Crippen LogP contribution in [0.25, 0.3) is 0 Å². The molecule has 1 N–H and O–H groups in total. The lowest BCUT2D eigenvalue weighted by molar-refractivity contribution is 0.564. The predicted molar refractivity (Wildman–Crippen MR) is 61.2 cm³/mol. The van der Waals surface area contributed by atoms with Crippen molar-refractivity contribution in [3.63, 3.8) is 0 Å². The standard InChI is InChI=1S/C12H27N/c1-3-5-7-8-10-12-13-11-9-6-4-2/h13H,3-12H2,1-2H3. The molecule has 0 aromatic carbocycles. The predicted octanol–water partition coefficient (Wildman–Crippen LogP) is 3.74. The van der Waals surface area contributed by atoms with Crippen molar-refractivity contribution in [2.75, 3.05) is 13.1 Å². The molecule has 0 saturated heterocycles. The zero-order valence-corrected chi connectivity index (χ0v) is 9.57. The summed E-state index contributed by atoms with van der Waals surface area (Å²) in [6.07, 6.45) is 11.0. The summed E-state index contributed by atoms with van der Waals surface area (Å²) < 4.78 is 0. The van der Waals surface area contributed by atoms with Gasteiger partial charge in [0.1, 0.15) is 0 Å². The lowest BCUT2D eigenvalue weighted by Crippen LogP contribution is -2.16. The molecule has 1 nitrogen and oxygen atoms in total. The van der Waals surface area contributed by atoms with Crippen molar-refractivity contribution < 1.29 is 0 Å². The lowest BCUT2D eigenvalue weighted by Gasteiger charge is -2.03. The lowest BCUT2D eigenvalue weighted by atomic mass is 10.1. The maximum absolute atomic E-state index is 3.50. The fourth-order valence-corrected chi connectivity index (χ4v) is 1.48. The highest BCUT2D eigenvalue weighted by molar-refractivity contribution is 4.49. The van der Waals surface area contributed by atoms with Crippen LogP contribution in [0.4, 0.5) is 0 Å². The first-order valence-corrected chi connectivity index (χ1v) is 6.12. The Balaban J connectivity index is 2.76. The maximum Gasteiger partial charge on any atom is -0.00489 e. The van der Waals surface area contributed by atoms with E-state index < -0.39 is 0 Å². The van der Waals surface area contributed by atoms with Crippen LogP contribution in [0.2, 0.25) is 0 Å². The Morgan fingerprint density at radius 2 is 1.08 bits per heavy atom. The van der Waals surface area contributed by atoms with Gasteiger partial charge in [0.25, 0.3) is 0 Å². The Morgan fingerprint density at radius 1 is 0.615 bits per heavy atom. The average molecular weight is 185 g/mol. The minimum absolute atomic E-state index is 1.22. The van der Waals surface area contributed by atoms with Crippen molar-refractivity contribution in [1.29, 1.82) is 0 Å². The first-order chi connectivity index (χ1) is 6.41. The molecule has 0 saturated carbocycles. The molecular formula is C12H27N. The summed E-state index contributed by atoms with van der Waals surface area (Å²) in [4.78, 5) is 0. The Morgan fingerprint density at radius 3 is 1.69 bits per heavy atom. The monoisotopic (exact) mass is 185 g/mol. The first kappa shape index (κ1) is 13.0. The van der Waals surface area contributed by atoms with Gasteiger partial charge in [-0.05, 0) is 25.9 Å². The summed E-state index contributed by atoms with van der Waals surface area (Å²) in [5, 5.41) is 3.50. The van der Waals surface area contributed by atoms with Gasteiger partial charge < -0.3 is 5.32 Å². The fourth-order valence-electron chi connectivity index (χ4n) is 1.48. The Bertz CT molecular complexity index is 71.2. The number of nitrogens with one attached hydrogen (secondary N) is 1. The second kappa shape index (κ2) is 12.0. The summed E-state index contributed by atoms with van der Waals surface area (Å²) in [6.45, 7) is 6.97. The molecule has 0 heterocycles.